The molecule has 0 aromatic heterocycles. The van der Waals surface area contributed by atoms with Crippen molar-refractivity contribution in [1.29, 1.82) is 5.26 Å². The summed E-state index contributed by atoms with van der Waals surface area (Å²) in [6.45, 7) is 3.66. The molecule has 1 atom stereocenters. The standard InChI is InChI=1S/C14H17F3N2O/c1-3-13(2,6-7-20)19-11-5-4-10(9-18)12(8-11)14(15,16)17/h4-5,8,19-20H,3,6-7H2,1-2H3. The number of nitriles is 1. The summed E-state index contributed by atoms with van der Waals surface area (Å²) >= 11 is 0. The van der Waals surface area contributed by atoms with Crippen molar-refractivity contribution >= 4 is 5.69 Å². The van der Waals surface area contributed by atoms with Crippen LogP contribution in [0.4, 0.5) is 18.9 Å². The van der Waals surface area contributed by atoms with E-state index in [2.05, 4.69) is 5.32 Å². The molecule has 1 aromatic carbocycles. The van der Waals surface area contributed by atoms with Crippen LogP contribution in [0.2, 0.25) is 0 Å². The summed E-state index contributed by atoms with van der Waals surface area (Å²) in [5, 5.41) is 20.7. The van der Waals surface area contributed by atoms with Gasteiger partial charge in [0, 0.05) is 17.8 Å². The van der Waals surface area contributed by atoms with Crippen LogP contribution in [-0.2, 0) is 6.18 Å². The molecule has 0 fully saturated rings. The second kappa shape index (κ2) is 6.14. The molecule has 0 aliphatic carbocycles. The highest BCUT2D eigenvalue weighted by Crippen LogP contribution is 2.34. The van der Waals surface area contributed by atoms with Gasteiger partial charge in [-0.3, -0.25) is 0 Å². The van der Waals surface area contributed by atoms with Crippen LogP contribution < -0.4 is 5.32 Å². The van der Waals surface area contributed by atoms with Crippen LogP contribution in [0.15, 0.2) is 18.2 Å². The molecule has 0 aliphatic heterocycles. The predicted octanol–water partition coefficient (Wildman–Crippen LogP) is 3.54. The van der Waals surface area contributed by atoms with Gasteiger partial charge in [0.15, 0.2) is 0 Å². The first kappa shape index (κ1) is 16.3. The van der Waals surface area contributed by atoms with Crippen molar-refractivity contribution in [3.8, 4) is 6.07 Å². The molecule has 0 bridgehead atoms. The summed E-state index contributed by atoms with van der Waals surface area (Å²) < 4.78 is 38.6. The lowest BCUT2D eigenvalue weighted by Crippen LogP contribution is -2.35. The normalized spacial score (nSPS) is 14.4. The fraction of sp³-hybridized carbons (Fsp3) is 0.500. The number of alkyl halides is 3. The first-order valence-corrected chi connectivity index (χ1v) is 6.26. The number of benzene rings is 1. The van der Waals surface area contributed by atoms with Crippen molar-refractivity contribution in [2.75, 3.05) is 11.9 Å². The molecule has 0 heterocycles. The van der Waals surface area contributed by atoms with Crippen LogP contribution in [0.1, 0.15) is 37.8 Å². The molecule has 110 valence electrons. The van der Waals surface area contributed by atoms with Gasteiger partial charge in [0.05, 0.1) is 17.2 Å². The van der Waals surface area contributed by atoms with E-state index in [-0.39, 0.29) is 12.3 Å². The first-order chi connectivity index (χ1) is 9.25. The Balaban J connectivity index is 3.13. The summed E-state index contributed by atoms with van der Waals surface area (Å²) in [5.74, 6) is 0. The number of hydrogen-bond acceptors (Lipinski definition) is 3. The Labute approximate surface area is 116 Å². The molecular formula is C14H17F3N2O. The molecule has 0 spiro atoms. The zero-order valence-corrected chi connectivity index (χ0v) is 11.4. The van der Waals surface area contributed by atoms with Gasteiger partial charge in [-0.1, -0.05) is 6.92 Å². The molecule has 20 heavy (non-hydrogen) atoms. The van der Waals surface area contributed by atoms with Gasteiger partial charge in [-0.15, -0.1) is 0 Å². The van der Waals surface area contributed by atoms with Crippen LogP contribution in [0.25, 0.3) is 0 Å². The molecule has 0 saturated carbocycles. The Hall–Kier alpha value is -1.74. The molecule has 0 radical (unpaired) electrons. The third-order valence-electron chi connectivity index (χ3n) is 3.34. The lowest BCUT2D eigenvalue weighted by molar-refractivity contribution is -0.137. The number of rotatable bonds is 5. The number of nitrogens with one attached hydrogen (secondary N) is 1. The van der Waals surface area contributed by atoms with Gasteiger partial charge in [0.1, 0.15) is 0 Å². The highest BCUT2D eigenvalue weighted by molar-refractivity contribution is 5.54. The van der Waals surface area contributed by atoms with E-state index in [1.807, 2.05) is 13.8 Å². The van der Waals surface area contributed by atoms with Crippen LogP contribution in [0.5, 0.6) is 0 Å². The van der Waals surface area contributed by atoms with Crippen LogP contribution in [-0.4, -0.2) is 17.3 Å². The van der Waals surface area contributed by atoms with E-state index < -0.39 is 22.8 Å². The smallest absolute Gasteiger partial charge is 0.396 e. The van der Waals surface area contributed by atoms with Crippen molar-refractivity contribution in [2.24, 2.45) is 0 Å². The summed E-state index contributed by atoms with van der Waals surface area (Å²) in [4.78, 5) is 0. The molecule has 0 amide bonds. The Morgan fingerprint density at radius 2 is 2.00 bits per heavy atom. The van der Waals surface area contributed by atoms with Gasteiger partial charge in [0.2, 0.25) is 0 Å². The van der Waals surface area contributed by atoms with Crippen molar-refractivity contribution in [1.82, 2.24) is 0 Å². The van der Waals surface area contributed by atoms with E-state index >= 15 is 0 Å². The Morgan fingerprint density at radius 3 is 2.45 bits per heavy atom. The maximum absolute atomic E-state index is 12.9. The van der Waals surface area contributed by atoms with Crippen molar-refractivity contribution in [3.63, 3.8) is 0 Å². The van der Waals surface area contributed by atoms with Gasteiger partial charge in [-0.05, 0) is 38.0 Å². The Kier molecular flexibility index (Phi) is 5.01. The van der Waals surface area contributed by atoms with E-state index in [4.69, 9.17) is 10.4 Å². The molecule has 3 nitrogen and oxygen atoms in total. The zero-order valence-electron chi connectivity index (χ0n) is 11.4. The Morgan fingerprint density at radius 1 is 1.35 bits per heavy atom. The number of halogens is 3. The fourth-order valence-electron chi connectivity index (χ4n) is 1.88. The molecule has 1 aromatic rings. The maximum atomic E-state index is 12.9. The van der Waals surface area contributed by atoms with Crippen LogP contribution in [0, 0.1) is 11.3 Å². The van der Waals surface area contributed by atoms with Gasteiger partial charge >= 0.3 is 6.18 Å². The number of nitrogens with zero attached hydrogens (tertiary/aromatic N) is 1. The fourth-order valence-corrected chi connectivity index (χ4v) is 1.88. The third kappa shape index (κ3) is 3.87. The topological polar surface area (TPSA) is 56.0 Å². The summed E-state index contributed by atoms with van der Waals surface area (Å²) in [6.07, 6.45) is -3.50. The highest BCUT2D eigenvalue weighted by Gasteiger charge is 2.34. The molecule has 1 rings (SSSR count). The second-order valence-electron chi connectivity index (χ2n) is 4.88. The van der Waals surface area contributed by atoms with Crippen molar-refractivity contribution < 1.29 is 18.3 Å². The molecule has 6 heteroatoms. The van der Waals surface area contributed by atoms with E-state index in [1.165, 1.54) is 6.07 Å². The van der Waals surface area contributed by atoms with Crippen LogP contribution in [0.3, 0.4) is 0 Å². The van der Waals surface area contributed by atoms with E-state index in [9.17, 15) is 13.2 Å². The minimum absolute atomic E-state index is 0.0558. The Bertz CT molecular complexity index is 508. The summed E-state index contributed by atoms with van der Waals surface area (Å²) in [7, 11) is 0. The average molecular weight is 286 g/mol. The number of anilines is 1. The van der Waals surface area contributed by atoms with Crippen molar-refractivity contribution in [2.45, 2.75) is 38.4 Å². The largest absolute Gasteiger partial charge is 0.417 e. The van der Waals surface area contributed by atoms with Gasteiger partial charge in [-0.2, -0.15) is 18.4 Å². The SMILES string of the molecule is CCC(C)(CCO)Nc1ccc(C#N)c(C(F)(F)F)c1. The maximum Gasteiger partial charge on any atom is 0.417 e. The zero-order chi connectivity index (χ0) is 15.4. The number of aliphatic hydroxyl groups is 1. The quantitative estimate of drug-likeness (QED) is 0.870. The second-order valence-corrected chi connectivity index (χ2v) is 4.88. The lowest BCUT2D eigenvalue weighted by Gasteiger charge is -2.30. The number of aliphatic hydroxyl groups excluding tert-OH is 1. The molecule has 1 unspecified atom stereocenters. The van der Waals surface area contributed by atoms with Gasteiger partial charge < -0.3 is 10.4 Å². The molecule has 2 N–H and O–H groups in total. The monoisotopic (exact) mass is 286 g/mol. The predicted molar refractivity (Wildman–Crippen MR) is 70.2 cm³/mol. The minimum atomic E-state index is -4.57. The first-order valence-electron chi connectivity index (χ1n) is 6.26. The summed E-state index contributed by atoms with van der Waals surface area (Å²) in [6, 6.07) is 5.07. The average Bonchev–Trinajstić information content (AvgIpc) is 2.38. The van der Waals surface area contributed by atoms with Crippen LogP contribution >= 0.6 is 0 Å². The van der Waals surface area contributed by atoms with E-state index in [0.717, 1.165) is 12.1 Å². The lowest BCUT2D eigenvalue weighted by atomic mass is 9.94. The molecule has 0 aliphatic rings. The van der Waals surface area contributed by atoms with E-state index in [0.29, 0.717) is 12.8 Å². The van der Waals surface area contributed by atoms with E-state index in [1.54, 1.807) is 6.07 Å². The number of hydrogen-bond donors (Lipinski definition) is 2. The molecular weight excluding hydrogens is 269 g/mol. The van der Waals surface area contributed by atoms with Crippen molar-refractivity contribution in [3.05, 3.63) is 29.3 Å². The highest BCUT2D eigenvalue weighted by atomic mass is 19.4. The summed E-state index contributed by atoms with van der Waals surface area (Å²) in [5.41, 5.74) is -1.56. The van der Waals surface area contributed by atoms with Gasteiger partial charge in [-0.25, -0.2) is 0 Å². The molecule has 0 saturated heterocycles. The third-order valence-corrected chi connectivity index (χ3v) is 3.34. The minimum Gasteiger partial charge on any atom is -0.396 e. The van der Waals surface area contributed by atoms with Gasteiger partial charge in [0.25, 0.3) is 0 Å².